The van der Waals surface area contributed by atoms with Gasteiger partial charge in [0.25, 0.3) is 0 Å². The van der Waals surface area contributed by atoms with Gasteiger partial charge in [-0.05, 0) is 31.5 Å². The number of hydrogen-bond donors (Lipinski definition) is 2. The highest BCUT2D eigenvalue weighted by Crippen LogP contribution is 2.21. The Morgan fingerprint density at radius 2 is 2.00 bits per heavy atom. The summed E-state index contributed by atoms with van der Waals surface area (Å²) in [5.41, 5.74) is 2.50. The van der Waals surface area contributed by atoms with Crippen molar-refractivity contribution in [1.29, 1.82) is 0 Å². The third kappa shape index (κ3) is 5.79. The molecule has 0 saturated carbocycles. The maximum absolute atomic E-state index is 12.2. The number of carboxylic acid groups (broad SMARTS) is 1. The lowest BCUT2D eigenvalue weighted by atomic mass is 10.0. The second-order valence-electron chi connectivity index (χ2n) is 5.57. The molecular weight excluding hydrogens is 364 g/mol. The quantitative estimate of drug-likeness (QED) is 0.725. The van der Waals surface area contributed by atoms with Crippen LogP contribution in [0.5, 0.6) is 0 Å². The van der Waals surface area contributed by atoms with Crippen LogP contribution in [0.15, 0.2) is 28.8 Å². The molecule has 2 N–H and O–H groups in total. The highest BCUT2D eigenvalue weighted by Gasteiger charge is 2.18. The summed E-state index contributed by atoms with van der Waals surface area (Å²) in [4.78, 5) is 23.3. The van der Waals surface area contributed by atoms with E-state index < -0.39 is 12.0 Å². The summed E-state index contributed by atoms with van der Waals surface area (Å²) in [6.07, 6.45) is -0.193. The lowest BCUT2D eigenvalue weighted by Gasteiger charge is -2.17. The Morgan fingerprint density at radius 3 is 2.56 bits per heavy atom. The number of nitrogens with one attached hydrogen (secondary N) is 1. The molecule has 2 aromatic rings. The molecule has 0 aliphatic rings. The number of carbonyl (C=O) groups is 2. The first kappa shape index (κ1) is 19.3. The molecule has 1 aromatic heterocycles. The average molecular weight is 383 g/mol. The normalized spacial score (nSPS) is 12.0. The van der Waals surface area contributed by atoms with Crippen molar-refractivity contribution in [3.8, 4) is 0 Å². The summed E-state index contributed by atoms with van der Waals surface area (Å²) in [5.74, 6) is 0.365. The smallest absolute Gasteiger partial charge is 0.305 e. The van der Waals surface area contributed by atoms with E-state index in [1.807, 2.05) is 13.8 Å². The Labute approximate surface area is 154 Å². The maximum atomic E-state index is 12.2. The van der Waals surface area contributed by atoms with Crippen LogP contribution in [0.1, 0.15) is 35.0 Å². The number of carboxylic acids is 1. The zero-order chi connectivity index (χ0) is 18.4. The second-order valence-corrected chi connectivity index (χ2v) is 6.99. The minimum absolute atomic E-state index is 0.193. The number of amides is 1. The minimum atomic E-state index is -0.983. The number of hydrogen-bond acceptors (Lipinski definition) is 5. The zero-order valence-electron chi connectivity index (χ0n) is 13.9. The molecule has 6 nitrogen and oxygen atoms in total. The zero-order valence-corrected chi connectivity index (χ0v) is 15.5. The maximum Gasteiger partial charge on any atom is 0.305 e. The van der Waals surface area contributed by atoms with Crippen LogP contribution in [0.25, 0.3) is 0 Å². The van der Waals surface area contributed by atoms with Gasteiger partial charge in [0.2, 0.25) is 5.91 Å². The molecule has 8 heteroatoms. The van der Waals surface area contributed by atoms with Crippen LogP contribution >= 0.6 is 23.4 Å². The van der Waals surface area contributed by atoms with Crippen LogP contribution in [0, 0.1) is 13.8 Å². The topological polar surface area (TPSA) is 92.4 Å². The van der Waals surface area contributed by atoms with Crippen LogP contribution < -0.4 is 5.32 Å². The summed E-state index contributed by atoms with van der Waals surface area (Å²) in [7, 11) is 0. The van der Waals surface area contributed by atoms with Gasteiger partial charge in [-0.2, -0.15) is 0 Å². The van der Waals surface area contributed by atoms with E-state index in [9.17, 15) is 9.59 Å². The van der Waals surface area contributed by atoms with E-state index in [0.717, 1.165) is 17.0 Å². The van der Waals surface area contributed by atoms with Crippen LogP contribution in [-0.2, 0) is 15.3 Å². The number of halogens is 1. The third-order valence-electron chi connectivity index (χ3n) is 3.65. The van der Waals surface area contributed by atoms with E-state index in [1.54, 1.807) is 24.3 Å². The van der Waals surface area contributed by atoms with Crippen molar-refractivity contribution in [2.24, 2.45) is 0 Å². The summed E-state index contributed by atoms with van der Waals surface area (Å²) in [5, 5.41) is 16.3. The molecule has 0 aliphatic carbocycles. The van der Waals surface area contributed by atoms with Gasteiger partial charge in [-0.25, -0.2) is 0 Å². The Balaban J connectivity index is 1.92. The van der Waals surface area contributed by atoms with E-state index in [-0.39, 0.29) is 18.1 Å². The summed E-state index contributed by atoms with van der Waals surface area (Å²) in [6, 6.07) is 6.18. The molecule has 2 rings (SSSR count). The lowest BCUT2D eigenvalue weighted by molar-refractivity contribution is -0.137. The molecule has 0 fully saturated rings. The Bertz CT molecular complexity index is 726. The summed E-state index contributed by atoms with van der Waals surface area (Å²) in [6.45, 7) is 3.69. The highest BCUT2D eigenvalue weighted by molar-refractivity contribution is 7.99. The molecule has 0 radical (unpaired) electrons. The van der Waals surface area contributed by atoms with Crippen molar-refractivity contribution < 1.29 is 19.2 Å². The predicted molar refractivity (Wildman–Crippen MR) is 96.7 cm³/mol. The van der Waals surface area contributed by atoms with Gasteiger partial charge < -0.3 is 14.9 Å². The van der Waals surface area contributed by atoms with Crippen LogP contribution in [0.2, 0.25) is 5.02 Å². The number of aliphatic carboxylic acids is 1. The number of rotatable bonds is 8. The molecule has 0 saturated heterocycles. The average Bonchev–Trinajstić information content (AvgIpc) is 2.86. The van der Waals surface area contributed by atoms with E-state index in [1.165, 1.54) is 11.8 Å². The van der Waals surface area contributed by atoms with Gasteiger partial charge in [-0.15, -0.1) is 11.8 Å². The van der Waals surface area contributed by atoms with Crippen molar-refractivity contribution >= 4 is 35.2 Å². The molecule has 0 spiro atoms. The molecule has 1 atom stereocenters. The largest absolute Gasteiger partial charge is 0.481 e. The van der Waals surface area contributed by atoms with E-state index in [0.29, 0.717) is 16.3 Å². The Kier molecular flexibility index (Phi) is 6.90. The van der Waals surface area contributed by atoms with Crippen LogP contribution in [0.4, 0.5) is 0 Å². The SMILES string of the molecule is Cc1noc(C)c1CSCC(=O)N[C@@H](CC(=O)O)c1ccc(Cl)cc1. The first-order chi connectivity index (χ1) is 11.9. The molecular formula is C17H19ClN2O4S. The molecule has 0 aliphatic heterocycles. The van der Waals surface area contributed by atoms with Crippen molar-refractivity contribution in [1.82, 2.24) is 10.5 Å². The Morgan fingerprint density at radius 1 is 1.32 bits per heavy atom. The fourth-order valence-electron chi connectivity index (χ4n) is 2.31. The van der Waals surface area contributed by atoms with Crippen molar-refractivity contribution in [2.45, 2.75) is 32.1 Å². The van der Waals surface area contributed by atoms with Gasteiger partial charge in [0, 0.05) is 16.3 Å². The molecule has 1 amide bonds. The summed E-state index contributed by atoms with van der Waals surface area (Å²) < 4.78 is 5.09. The second kappa shape index (κ2) is 8.92. The number of aryl methyl sites for hydroxylation is 2. The molecule has 0 unspecified atom stereocenters. The predicted octanol–water partition coefficient (Wildman–Crippen LogP) is 3.51. The van der Waals surface area contributed by atoms with E-state index in [4.69, 9.17) is 21.2 Å². The Hall–Kier alpha value is -1.99. The number of nitrogens with zero attached hydrogens (tertiary/aromatic N) is 1. The minimum Gasteiger partial charge on any atom is -0.481 e. The number of benzene rings is 1. The molecule has 1 heterocycles. The fraction of sp³-hybridized carbons (Fsp3) is 0.353. The molecule has 1 aromatic carbocycles. The van der Waals surface area contributed by atoms with Gasteiger partial charge in [0.15, 0.2) is 0 Å². The molecule has 25 heavy (non-hydrogen) atoms. The first-order valence-corrected chi connectivity index (χ1v) is 9.16. The monoisotopic (exact) mass is 382 g/mol. The lowest BCUT2D eigenvalue weighted by Crippen LogP contribution is -2.31. The number of thioether (sulfide) groups is 1. The number of carbonyl (C=O) groups excluding carboxylic acids is 1. The van der Waals surface area contributed by atoms with Gasteiger partial charge in [-0.1, -0.05) is 28.9 Å². The van der Waals surface area contributed by atoms with Crippen molar-refractivity contribution in [3.05, 3.63) is 51.9 Å². The molecule has 134 valence electrons. The fourth-order valence-corrected chi connectivity index (χ4v) is 3.42. The third-order valence-corrected chi connectivity index (χ3v) is 4.86. The van der Waals surface area contributed by atoms with Crippen molar-refractivity contribution in [2.75, 3.05) is 5.75 Å². The highest BCUT2D eigenvalue weighted by atomic mass is 35.5. The van der Waals surface area contributed by atoms with Gasteiger partial charge >= 0.3 is 5.97 Å². The van der Waals surface area contributed by atoms with E-state index >= 15 is 0 Å². The van der Waals surface area contributed by atoms with Gasteiger partial charge in [0.1, 0.15) is 5.76 Å². The molecule has 0 bridgehead atoms. The first-order valence-electron chi connectivity index (χ1n) is 7.63. The number of aromatic nitrogens is 1. The standard InChI is InChI=1S/C17H19ClN2O4S/c1-10-14(11(2)24-20-10)8-25-9-16(21)19-15(7-17(22)23)12-3-5-13(18)6-4-12/h3-6,15H,7-9H2,1-2H3,(H,19,21)(H,22,23)/t15-/m0/s1. The van der Waals surface area contributed by atoms with Gasteiger partial charge in [-0.3, -0.25) is 9.59 Å². The van der Waals surface area contributed by atoms with Crippen molar-refractivity contribution in [3.63, 3.8) is 0 Å². The van der Waals surface area contributed by atoms with Gasteiger partial charge in [0.05, 0.1) is 23.9 Å². The van der Waals surface area contributed by atoms with E-state index in [2.05, 4.69) is 10.5 Å². The van der Waals surface area contributed by atoms with Crippen LogP contribution in [-0.4, -0.2) is 27.9 Å². The summed E-state index contributed by atoms with van der Waals surface area (Å²) >= 11 is 7.28. The van der Waals surface area contributed by atoms with Crippen LogP contribution in [0.3, 0.4) is 0 Å².